The minimum atomic E-state index is -0.285. The monoisotopic (exact) mass is 167 g/mol. The van der Waals surface area contributed by atoms with Crippen molar-refractivity contribution in [2.75, 3.05) is 0 Å². The van der Waals surface area contributed by atoms with Crippen LogP contribution in [0.1, 0.15) is 20.3 Å². The summed E-state index contributed by atoms with van der Waals surface area (Å²) >= 11 is 0. The highest BCUT2D eigenvalue weighted by atomic mass is 16.5. The van der Waals surface area contributed by atoms with Gasteiger partial charge in [0.2, 0.25) is 0 Å². The molecule has 0 aromatic rings. The maximum Gasteiger partial charge on any atom is 0.307 e. The lowest BCUT2D eigenvalue weighted by Gasteiger charge is -2.16. The third kappa shape index (κ3) is 2.20. The van der Waals surface area contributed by atoms with Crippen molar-refractivity contribution in [2.45, 2.75) is 26.3 Å². The van der Waals surface area contributed by atoms with E-state index in [1.54, 1.807) is 0 Å². The molecule has 0 spiro atoms. The molecule has 3 heteroatoms. The second-order valence-corrected chi connectivity index (χ2v) is 2.93. The van der Waals surface area contributed by atoms with Crippen LogP contribution in [0.5, 0.6) is 0 Å². The molecule has 0 amide bonds. The molecule has 1 unspecified atom stereocenters. The summed E-state index contributed by atoms with van der Waals surface area (Å²) in [4.78, 5) is 10.6. The van der Waals surface area contributed by atoms with Crippen LogP contribution in [0.15, 0.2) is 23.5 Å². The maximum absolute atomic E-state index is 10.6. The number of hydrogen-bond donors (Lipinski definition) is 1. The van der Waals surface area contributed by atoms with Crippen molar-refractivity contribution in [2.24, 2.45) is 5.73 Å². The van der Waals surface area contributed by atoms with E-state index < -0.39 is 0 Å². The van der Waals surface area contributed by atoms with Crippen molar-refractivity contribution in [3.8, 4) is 0 Å². The SMILES string of the molecule is CC(=O)OC1=C(C)C=CC(N)C1. The number of ether oxygens (including phenoxy) is 1. The zero-order valence-electron chi connectivity index (χ0n) is 7.33. The van der Waals surface area contributed by atoms with Crippen LogP contribution in [0.4, 0.5) is 0 Å². The van der Waals surface area contributed by atoms with Crippen LogP contribution in [-0.4, -0.2) is 12.0 Å². The zero-order chi connectivity index (χ0) is 9.14. The molecule has 1 aliphatic carbocycles. The highest BCUT2D eigenvalue weighted by molar-refractivity contribution is 5.67. The third-order valence-corrected chi connectivity index (χ3v) is 1.72. The largest absolute Gasteiger partial charge is 0.431 e. The van der Waals surface area contributed by atoms with Crippen molar-refractivity contribution in [1.29, 1.82) is 0 Å². The average molecular weight is 167 g/mol. The van der Waals surface area contributed by atoms with E-state index in [0.29, 0.717) is 12.2 Å². The molecule has 0 bridgehead atoms. The quantitative estimate of drug-likeness (QED) is 0.595. The van der Waals surface area contributed by atoms with Crippen LogP contribution < -0.4 is 5.73 Å². The average Bonchev–Trinajstić information content (AvgIpc) is 1.96. The van der Waals surface area contributed by atoms with Crippen LogP contribution in [-0.2, 0) is 9.53 Å². The van der Waals surface area contributed by atoms with Crippen LogP contribution in [0.2, 0.25) is 0 Å². The van der Waals surface area contributed by atoms with Gasteiger partial charge in [0.15, 0.2) is 0 Å². The van der Waals surface area contributed by atoms with Gasteiger partial charge in [0, 0.05) is 19.4 Å². The number of carbonyl (C=O) groups excluding carboxylic acids is 1. The predicted molar refractivity (Wildman–Crippen MR) is 46.2 cm³/mol. The molecule has 2 N–H and O–H groups in total. The Morgan fingerprint density at radius 2 is 2.42 bits per heavy atom. The summed E-state index contributed by atoms with van der Waals surface area (Å²) in [6, 6.07) is -0.0250. The molecule has 0 saturated carbocycles. The second kappa shape index (κ2) is 3.54. The normalized spacial score (nSPS) is 22.8. The Balaban J connectivity index is 2.72. The van der Waals surface area contributed by atoms with E-state index in [0.717, 1.165) is 5.57 Å². The Hall–Kier alpha value is -1.09. The van der Waals surface area contributed by atoms with E-state index in [-0.39, 0.29) is 12.0 Å². The first-order chi connectivity index (χ1) is 5.59. The van der Waals surface area contributed by atoms with Gasteiger partial charge >= 0.3 is 5.97 Å². The van der Waals surface area contributed by atoms with E-state index in [4.69, 9.17) is 10.5 Å². The number of hydrogen-bond acceptors (Lipinski definition) is 3. The first-order valence-electron chi connectivity index (χ1n) is 3.91. The molecule has 66 valence electrons. The van der Waals surface area contributed by atoms with Gasteiger partial charge in [0.1, 0.15) is 5.76 Å². The molecule has 0 fully saturated rings. The molecule has 1 aliphatic rings. The Labute approximate surface area is 71.9 Å². The molecule has 12 heavy (non-hydrogen) atoms. The van der Waals surface area contributed by atoms with Gasteiger partial charge in [-0.1, -0.05) is 12.2 Å². The molecule has 3 nitrogen and oxygen atoms in total. The number of rotatable bonds is 1. The van der Waals surface area contributed by atoms with E-state index >= 15 is 0 Å². The highest BCUT2D eigenvalue weighted by Gasteiger charge is 2.13. The number of carbonyl (C=O) groups is 1. The maximum atomic E-state index is 10.6. The summed E-state index contributed by atoms with van der Waals surface area (Å²) in [7, 11) is 0. The van der Waals surface area contributed by atoms with Gasteiger partial charge in [0.05, 0.1) is 0 Å². The number of nitrogens with two attached hydrogens (primary N) is 1. The fraction of sp³-hybridized carbons (Fsp3) is 0.444. The number of allylic oxidation sites excluding steroid dienone is 2. The smallest absolute Gasteiger partial charge is 0.307 e. The van der Waals surface area contributed by atoms with Crippen molar-refractivity contribution in [3.05, 3.63) is 23.5 Å². The van der Waals surface area contributed by atoms with Crippen LogP contribution in [0.25, 0.3) is 0 Å². The van der Waals surface area contributed by atoms with Crippen molar-refractivity contribution in [1.82, 2.24) is 0 Å². The van der Waals surface area contributed by atoms with E-state index in [2.05, 4.69) is 0 Å². The molecular weight excluding hydrogens is 154 g/mol. The molecule has 0 aromatic heterocycles. The van der Waals surface area contributed by atoms with Gasteiger partial charge < -0.3 is 10.5 Å². The number of esters is 1. The van der Waals surface area contributed by atoms with Gasteiger partial charge in [-0.3, -0.25) is 4.79 Å². The zero-order valence-corrected chi connectivity index (χ0v) is 7.33. The molecule has 0 heterocycles. The summed E-state index contributed by atoms with van der Waals surface area (Å²) in [5.41, 5.74) is 6.63. The summed E-state index contributed by atoms with van der Waals surface area (Å²) < 4.78 is 4.98. The molecular formula is C9H13NO2. The topological polar surface area (TPSA) is 52.3 Å². The minimum Gasteiger partial charge on any atom is -0.431 e. The van der Waals surface area contributed by atoms with Crippen molar-refractivity contribution < 1.29 is 9.53 Å². The van der Waals surface area contributed by atoms with Crippen molar-refractivity contribution >= 4 is 5.97 Å². The van der Waals surface area contributed by atoms with Gasteiger partial charge in [-0.05, 0) is 12.5 Å². The van der Waals surface area contributed by atoms with E-state index in [9.17, 15) is 4.79 Å². The van der Waals surface area contributed by atoms with Crippen LogP contribution >= 0.6 is 0 Å². The van der Waals surface area contributed by atoms with Gasteiger partial charge in [-0.25, -0.2) is 0 Å². The Bertz CT molecular complexity index is 253. The minimum absolute atomic E-state index is 0.0250. The van der Waals surface area contributed by atoms with Crippen molar-refractivity contribution in [3.63, 3.8) is 0 Å². The van der Waals surface area contributed by atoms with Gasteiger partial charge in [0.25, 0.3) is 0 Å². The van der Waals surface area contributed by atoms with E-state index in [1.165, 1.54) is 6.92 Å². The standard InChI is InChI=1S/C9H13NO2/c1-6-3-4-8(10)5-9(6)12-7(2)11/h3-4,8H,5,10H2,1-2H3. The van der Waals surface area contributed by atoms with Crippen LogP contribution in [0, 0.1) is 0 Å². The summed E-state index contributed by atoms with van der Waals surface area (Å²) in [5, 5.41) is 0. The van der Waals surface area contributed by atoms with E-state index in [1.807, 2.05) is 19.1 Å². The Morgan fingerprint density at radius 1 is 1.75 bits per heavy atom. The predicted octanol–water partition coefficient (Wildman–Crippen LogP) is 1.11. The second-order valence-electron chi connectivity index (χ2n) is 2.93. The lowest BCUT2D eigenvalue weighted by atomic mass is 10.0. The highest BCUT2D eigenvalue weighted by Crippen LogP contribution is 2.18. The van der Waals surface area contributed by atoms with Gasteiger partial charge in [-0.15, -0.1) is 0 Å². The summed E-state index contributed by atoms with van der Waals surface area (Å²) in [5.74, 6) is 0.407. The first kappa shape index (κ1) is 9.00. The summed E-state index contributed by atoms with van der Waals surface area (Å²) in [6.07, 6.45) is 4.40. The fourth-order valence-electron chi connectivity index (χ4n) is 1.10. The summed E-state index contributed by atoms with van der Waals surface area (Å²) in [6.45, 7) is 3.30. The first-order valence-corrected chi connectivity index (χ1v) is 3.91. The Kier molecular flexibility index (Phi) is 2.65. The van der Waals surface area contributed by atoms with Gasteiger partial charge in [-0.2, -0.15) is 0 Å². The lowest BCUT2D eigenvalue weighted by Crippen LogP contribution is -2.21. The molecule has 1 rings (SSSR count). The molecule has 0 aromatic carbocycles. The molecule has 0 radical (unpaired) electrons. The molecule has 1 atom stereocenters. The fourth-order valence-corrected chi connectivity index (χ4v) is 1.10. The Morgan fingerprint density at radius 3 is 3.00 bits per heavy atom. The third-order valence-electron chi connectivity index (χ3n) is 1.72. The molecule has 0 saturated heterocycles. The molecule has 0 aliphatic heterocycles. The van der Waals surface area contributed by atoms with Crippen LogP contribution in [0.3, 0.4) is 0 Å². The lowest BCUT2D eigenvalue weighted by molar-refractivity contribution is -0.137.